The number of anilines is 1. The molecule has 1 saturated heterocycles. The van der Waals surface area contributed by atoms with Crippen molar-refractivity contribution in [2.24, 2.45) is 5.92 Å². The van der Waals surface area contributed by atoms with E-state index in [-0.39, 0.29) is 5.82 Å². The van der Waals surface area contributed by atoms with Crippen LogP contribution in [0.4, 0.5) is 10.1 Å². The second kappa shape index (κ2) is 12.6. The van der Waals surface area contributed by atoms with E-state index < -0.39 is 0 Å². The summed E-state index contributed by atoms with van der Waals surface area (Å²) >= 11 is 6.00. The largest absolute Gasteiger partial charge is 0.380 e. The minimum absolute atomic E-state index is 0.229. The highest BCUT2D eigenvalue weighted by atomic mass is 35.5. The number of rotatable bonds is 11. The van der Waals surface area contributed by atoms with E-state index in [9.17, 15) is 9.18 Å². The third-order valence-corrected chi connectivity index (χ3v) is 7.56. The lowest BCUT2D eigenvalue weighted by Crippen LogP contribution is -2.35. The predicted molar refractivity (Wildman–Crippen MR) is 152 cm³/mol. The number of nitrogens with zero attached hydrogens (tertiary/aromatic N) is 2. The van der Waals surface area contributed by atoms with E-state index in [0.717, 1.165) is 60.9 Å². The van der Waals surface area contributed by atoms with Crippen molar-refractivity contribution < 1.29 is 13.9 Å². The molecule has 0 amide bonds. The number of ether oxygens (including phenoxy) is 1. The van der Waals surface area contributed by atoms with Gasteiger partial charge in [0, 0.05) is 67.2 Å². The molecule has 7 heteroatoms. The molecule has 5 rings (SSSR count). The molecular formula is C31H33ClFN3O2. The monoisotopic (exact) mass is 533 g/mol. The summed E-state index contributed by atoms with van der Waals surface area (Å²) in [7, 11) is 0. The molecule has 1 aliphatic heterocycles. The molecule has 0 bridgehead atoms. The summed E-state index contributed by atoms with van der Waals surface area (Å²) in [5.41, 5.74) is 4.83. The summed E-state index contributed by atoms with van der Waals surface area (Å²) in [6.07, 6.45) is 5.08. The fourth-order valence-electron chi connectivity index (χ4n) is 5.14. The Morgan fingerprint density at radius 3 is 2.53 bits per heavy atom. The van der Waals surface area contributed by atoms with Crippen LogP contribution >= 0.6 is 11.6 Å². The van der Waals surface area contributed by atoms with Crippen LogP contribution in [-0.2, 0) is 17.8 Å². The molecule has 3 aromatic carbocycles. The summed E-state index contributed by atoms with van der Waals surface area (Å²) in [4.78, 5) is 13.2. The van der Waals surface area contributed by atoms with Crippen LogP contribution in [0.2, 0.25) is 5.02 Å². The minimum Gasteiger partial charge on any atom is -0.380 e. The number of nitrogens with one attached hydrogen (secondary N) is 1. The predicted octanol–water partition coefficient (Wildman–Crippen LogP) is 6.32. The van der Waals surface area contributed by atoms with Crippen molar-refractivity contribution in [1.82, 2.24) is 9.88 Å². The van der Waals surface area contributed by atoms with Crippen molar-refractivity contribution in [3.05, 3.63) is 100 Å². The molecule has 198 valence electrons. The lowest BCUT2D eigenvalue weighted by atomic mass is 9.97. The smallest absolute Gasteiger partial charge is 0.150 e. The Bertz CT molecular complexity index is 1350. The molecule has 5 nitrogen and oxygen atoms in total. The normalized spacial score (nSPS) is 14.3. The molecule has 0 spiro atoms. The van der Waals surface area contributed by atoms with Crippen LogP contribution in [-0.4, -0.2) is 43.7 Å². The van der Waals surface area contributed by atoms with Crippen LogP contribution in [0.15, 0.2) is 72.9 Å². The van der Waals surface area contributed by atoms with Gasteiger partial charge in [0.05, 0.1) is 12.1 Å². The van der Waals surface area contributed by atoms with Crippen molar-refractivity contribution in [2.75, 3.05) is 37.7 Å². The number of aromatic nitrogens is 1. The van der Waals surface area contributed by atoms with Gasteiger partial charge in [0.25, 0.3) is 0 Å². The third kappa shape index (κ3) is 6.62. The van der Waals surface area contributed by atoms with E-state index >= 15 is 0 Å². The molecule has 38 heavy (non-hydrogen) atoms. The Balaban J connectivity index is 1.05. The number of benzene rings is 3. The van der Waals surface area contributed by atoms with Gasteiger partial charge in [-0.15, -0.1) is 0 Å². The zero-order valence-corrected chi connectivity index (χ0v) is 22.2. The van der Waals surface area contributed by atoms with E-state index in [1.807, 2.05) is 54.7 Å². The molecule has 1 fully saturated rings. The number of hydrogen-bond acceptors (Lipinski definition) is 4. The molecule has 0 unspecified atom stereocenters. The van der Waals surface area contributed by atoms with Crippen LogP contribution in [0.3, 0.4) is 0 Å². The second-order valence-corrected chi connectivity index (χ2v) is 10.4. The number of piperidine rings is 1. The Labute approximate surface area is 228 Å². The first-order chi connectivity index (χ1) is 18.6. The van der Waals surface area contributed by atoms with Gasteiger partial charge >= 0.3 is 0 Å². The Morgan fingerprint density at radius 2 is 1.79 bits per heavy atom. The topological polar surface area (TPSA) is 46.5 Å². The fraction of sp³-hybridized carbons (Fsp3) is 0.323. The molecule has 1 aliphatic rings. The summed E-state index contributed by atoms with van der Waals surface area (Å²) in [5, 5.41) is 5.18. The minimum atomic E-state index is -0.229. The Kier molecular flexibility index (Phi) is 8.74. The summed E-state index contributed by atoms with van der Waals surface area (Å²) < 4.78 is 22.5. The average molecular weight is 534 g/mol. The van der Waals surface area contributed by atoms with Gasteiger partial charge in [-0.3, -0.25) is 4.79 Å². The van der Waals surface area contributed by atoms with E-state index in [2.05, 4.69) is 20.9 Å². The number of fused-ring (bicyclic) bond motifs is 1. The first-order valence-corrected chi connectivity index (χ1v) is 13.6. The quantitative estimate of drug-likeness (QED) is 0.181. The van der Waals surface area contributed by atoms with Gasteiger partial charge in [0.1, 0.15) is 12.1 Å². The van der Waals surface area contributed by atoms with Gasteiger partial charge in [-0.1, -0.05) is 23.7 Å². The Hall–Kier alpha value is -3.19. The zero-order valence-electron chi connectivity index (χ0n) is 21.4. The van der Waals surface area contributed by atoms with Crippen LogP contribution in [0.1, 0.15) is 34.3 Å². The van der Waals surface area contributed by atoms with Crippen molar-refractivity contribution in [3.63, 3.8) is 0 Å². The van der Waals surface area contributed by atoms with E-state index in [4.69, 9.17) is 16.3 Å². The van der Waals surface area contributed by atoms with E-state index in [1.165, 1.54) is 5.69 Å². The highest BCUT2D eigenvalue weighted by Gasteiger charge is 2.19. The van der Waals surface area contributed by atoms with Gasteiger partial charge in [-0.25, -0.2) is 4.39 Å². The van der Waals surface area contributed by atoms with Gasteiger partial charge in [0.2, 0.25) is 0 Å². The molecular weight excluding hydrogens is 501 g/mol. The average Bonchev–Trinajstić information content (AvgIpc) is 3.34. The standard InChI is InChI=1S/C31H33ClFN3O2/c32-27-5-1-23(2-6-27)20-36-15-11-30-26(17-28(33)18-31(30)36)19-34-12-16-38-22-25-9-13-35(14-10-25)29-7-3-24(21-37)4-8-29/h1-8,11,15,17-18,21,25,34H,9-10,12-14,16,19-20,22H2. The van der Waals surface area contributed by atoms with Crippen molar-refractivity contribution in [2.45, 2.75) is 25.9 Å². The number of carbonyl (C=O) groups excluding carboxylic acids is 1. The lowest BCUT2D eigenvalue weighted by Gasteiger charge is -2.33. The summed E-state index contributed by atoms with van der Waals surface area (Å²) in [5.74, 6) is 0.330. The number of aldehydes is 1. The molecule has 1 N–H and O–H groups in total. The molecule has 2 heterocycles. The van der Waals surface area contributed by atoms with Gasteiger partial charge in [-0.2, -0.15) is 0 Å². The molecule has 0 radical (unpaired) electrons. The SMILES string of the molecule is O=Cc1ccc(N2CCC(COCCNCc3cc(F)cc4c3ccn4Cc3ccc(Cl)cc3)CC2)cc1. The van der Waals surface area contributed by atoms with Crippen LogP contribution in [0, 0.1) is 11.7 Å². The second-order valence-electron chi connectivity index (χ2n) is 9.96. The molecule has 0 aliphatic carbocycles. The highest BCUT2D eigenvalue weighted by molar-refractivity contribution is 6.30. The molecule has 4 aromatic rings. The third-order valence-electron chi connectivity index (χ3n) is 7.31. The van der Waals surface area contributed by atoms with Gasteiger partial charge < -0.3 is 19.5 Å². The molecule has 0 saturated carbocycles. The van der Waals surface area contributed by atoms with Gasteiger partial charge in [-0.05, 0) is 84.5 Å². The van der Waals surface area contributed by atoms with Crippen molar-refractivity contribution in [3.8, 4) is 0 Å². The molecule has 0 atom stereocenters. The Morgan fingerprint density at radius 1 is 1.03 bits per heavy atom. The summed E-state index contributed by atoms with van der Waals surface area (Å²) in [6, 6.07) is 20.8. The molecule has 1 aromatic heterocycles. The lowest BCUT2D eigenvalue weighted by molar-refractivity contribution is 0.0919. The number of carbonyl (C=O) groups is 1. The maximum absolute atomic E-state index is 14.5. The number of halogens is 2. The van der Waals surface area contributed by atoms with E-state index in [0.29, 0.717) is 42.7 Å². The van der Waals surface area contributed by atoms with Gasteiger partial charge in [0.15, 0.2) is 0 Å². The van der Waals surface area contributed by atoms with Crippen LogP contribution in [0.25, 0.3) is 10.9 Å². The van der Waals surface area contributed by atoms with Crippen molar-refractivity contribution >= 4 is 34.5 Å². The highest BCUT2D eigenvalue weighted by Crippen LogP contribution is 2.25. The number of hydrogen-bond donors (Lipinski definition) is 1. The fourth-order valence-corrected chi connectivity index (χ4v) is 5.27. The summed E-state index contributed by atoms with van der Waals surface area (Å²) in [6.45, 7) is 5.35. The first kappa shape index (κ1) is 26.4. The van der Waals surface area contributed by atoms with E-state index in [1.54, 1.807) is 12.1 Å². The van der Waals surface area contributed by atoms with Crippen LogP contribution < -0.4 is 10.2 Å². The maximum Gasteiger partial charge on any atom is 0.150 e. The van der Waals surface area contributed by atoms with Crippen molar-refractivity contribution in [1.29, 1.82) is 0 Å². The zero-order chi connectivity index (χ0) is 26.3. The van der Waals surface area contributed by atoms with Crippen LogP contribution in [0.5, 0.6) is 0 Å². The first-order valence-electron chi connectivity index (χ1n) is 13.2. The maximum atomic E-state index is 14.5.